The van der Waals surface area contributed by atoms with E-state index in [0.29, 0.717) is 12.2 Å². The third kappa shape index (κ3) is 2.00. The normalized spacial score (nSPS) is 13.1. The number of nitrogens with two attached hydrogens (primary N) is 1. The summed E-state index contributed by atoms with van der Waals surface area (Å²) >= 11 is 0. The molecule has 0 saturated heterocycles. The monoisotopic (exact) mass is 250 g/mol. The number of pyridine rings is 1. The maximum absolute atomic E-state index is 9.08. The molecule has 2 N–H and O–H groups in total. The second-order valence-electron chi connectivity index (χ2n) is 4.64. The molecule has 1 aliphatic heterocycles. The summed E-state index contributed by atoms with van der Waals surface area (Å²) in [5.74, 6) is 0. The highest BCUT2D eigenvalue weighted by Crippen LogP contribution is 2.33. The zero-order chi connectivity index (χ0) is 13.2. The maximum atomic E-state index is 9.08. The summed E-state index contributed by atoms with van der Waals surface area (Å²) < 4.78 is 0. The summed E-state index contributed by atoms with van der Waals surface area (Å²) in [7, 11) is 0. The number of aromatic nitrogens is 1. The Morgan fingerprint density at radius 1 is 1.32 bits per heavy atom. The van der Waals surface area contributed by atoms with E-state index in [1.165, 1.54) is 11.3 Å². The molecule has 1 aliphatic rings. The predicted octanol–water partition coefficient (Wildman–Crippen LogP) is 2.10. The molecule has 0 atom stereocenters. The molecule has 0 aliphatic carbocycles. The fourth-order valence-electron chi connectivity index (χ4n) is 2.56. The van der Waals surface area contributed by atoms with Crippen molar-refractivity contribution >= 4 is 11.4 Å². The number of fused-ring (bicyclic) bond motifs is 1. The minimum atomic E-state index is 0.500. The standard InChI is InChI=1S/C15H14N4/c16-9-14-11(3-2-7-18-14)10-19-8-6-12-13(17)4-1-5-15(12)19/h1-5,7H,6,8,10,17H2. The minimum Gasteiger partial charge on any atom is -0.398 e. The van der Waals surface area contributed by atoms with Gasteiger partial charge in [-0.1, -0.05) is 12.1 Å². The van der Waals surface area contributed by atoms with E-state index in [4.69, 9.17) is 11.0 Å². The second kappa shape index (κ2) is 4.62. The Morgan fingerprint density at radius 2 is 2.21 bits per heavy atom. The third-order valence-electron chi connectivity index (χ3n) is 3.52. The molecule has 19 heavy (non-hydrogen) atoms. The van der Waals surface area contributed by atoms with Crippen LogP contribution in [0.25, 0.3) is 0 Å². The van der Waals surface area contributed by atoms with Crippen molar-refractivity contribution in [1.29, 1.82) is 5.26 Å². The summed E-state index contributed by atoms with van der Waals surface area (Å²) in [6.07, 6.45) is 2.61. The molecular formula is C15H14N4. The van der Waals surface area contributed by atoms with E-state index in [1.54, 1.807) is 6.20 Å². The van der Waals surface area contributed by atoms with Gasteiger partial charge in [0, 0.05) is 41.8 Å². The van der Waals surface area contributed by atoms with Crippen molar-refractivity contribution in [3.8, 4) is 6.07 Å². The molecule has 4 heteroatoms. The molecule has 0 unspecified atom stereocenters. The van der Waals surface area contributed by atoms with Gasteiger partial charge in [-0.3, -0.25) is 0 Å². The van der Waals surface area contributed by atoms with E-state index in [9.17, 15) is 0 Å². The largest absolute Gasteiger partial charge is 0.398 e. The average Bonchev–Trinajstić information content (AvgIpc) is 2.84. The molecule has 0 radical (unpaired) electrons. The minimum absolute atomic E-state index is 0.500. The van der Waals surface area contributed by atoms with Crippen LogP contribution in [-0.4, -0.2) is 11.5 Å². The molecule has 0 spiro atoms. The van der Waals surface area contributed by atoms with E-state index < -0.39 is 0 Å². The van der Waals surface area contributed by atoms with E-state index in [2.05, 4.69) is 22.0 Å². The fourth-order valence-corrected chi connectivity index (χ4v) is 2.56. The number of nitrogens with zero attached hydrogens (tertiary/aromatic N) is 3. The van der Waals surface area contributed by atoms with Crippen molar-refractivity contribution in [2.75, 3.05) is 17.2 Å². The van der Waals surface area contributed by atoms with Crippen LogP contribution in [0.1, 0.15) is 16.8 Å². The van der Waals surface area contributed by atoms with Gasteiger partial charge in [-0.15, -0.1) is 0 Å². The van der Waals surface area contributed by atoms with Crippen molar-refractivity contribution in [2.24, 2.45) is 0 Å². The Hall–Kier alpha value is -2.54. The zero-order valence-electron chi connectivity index (χ0n) is 10.5. The molecule has 0 amide bonds. The van der Waals surface area contributed by atoms with E-state index >= 15 is 0 Å². The first-order chi connectivity index (χ1) is 9.29. The van der Waals surface area contributed by atoms with Gasteiger partial charge in [-0.25, -0.2) is 4.98 Å². The number of benzene rings is 1. The zero-order valence-corrected chi connectivity index (χ0v) is 10.5. The first-order valence-corrected chi connectivity index (χ1v) is 6.26. The van der Waals surface area contributed by atoms with Crippen LogP contribution in [0.4, 0.5) is 11.4 Å². The van der Waals surface area contributed by atoms with Gasteiger partial charge in [0.1, 0.15) is 11.8 Å². The number of anilines is 2. The maximum Gasteiger partial charge on any atom is 0.145 e. The highest BCUT2D eigenvalue weighted by Gasteiger charge is 2.21. The van der Waals surface area contributed by atoms with Gasteiger partial charge in [0.2, 0.25) is 0 Å². The van der Waals surface area contributed by atoms with E-state index in [1.807, 2.05) is 24.3 Å². The SMILES string of the molecule is N#Cc1ncccc1CN1CCc2c(N)cccc21. The van der Waals surface area contributed by atoms with E-state index in [-0.39, 0.29) is 0 Å². The molecule has 1 aromatic carbocycles. The Balaban J connectivity index is 1.92. The van der Waals surface area contributed by atoms with Crippen LogP contribution in [0.15, 0.2) is 36.5 Å². The Morgan fingerprint density at radius 3 is 3.05 bits per heavy atom. The van der Waals surface area contributed by atoms with Crippen LogP contribution in [0, 0.1) is 11.3 Å². The number of rotatable bonds is 2. The lowest BCUT2D eigenvalue weighted by Crippen LogP contribution is -2.20. The van der Waals surface area contributed by atoms with Gasteiger partial charge in [0.15, 0.2) is 0 Å². The molecule has 0 bridgehead atoms. The van der Waals surface area contributed by atoms with Crippen LogP contribution in [0.3, 0.4) is 0 Å². The van der Waals surface area contributed by atoms with Crippen molar-refractivity contribution in [2.45, 2.75) is 13.0 Å². The lowest BCUT2D eigenvalue weighted by atomic mass is 10.1. The van der Waals surface area contributed by atoms with Crippen LogP contribution >= 0.6 is 0 Å². The van der Waals surface area contributed by atoms with Gasteiger partial charge in [-0.2, -0.15) is 5.26 Å². The molecular weight excluding hydrogens is 236 g/mol. The molecule has 4 nitrogen and oxygen atoms in total. The predicted molar refractivity (Wildman–Crippen MR) is 74.6 cm³/mol. The van der Waals surface area contributed by atoms with Crippen molar-refractivity contribution in [3.05, 3.63) is 53.3 Å². The van der Waals surface area contributed by atoms with Crippen molar-refractivity contribution < 1.29 is 0 Å². The van der Waals surface area contributed by atoms with Gasteiger partial charge in [0.25, 0.3) is 0 Å². The highest BCUT2D eigenvalue weighted by molar-refractivity contribution is 5.68. The molecule has 3 rings (SSSR count). The summed E-state index contributed by atoms with van der Waals surface area (Å²) in [5.41, 5.74) is 10.7. The molecule has 0 fully saturated rings. The molecule has 2 aromatic rings. The first kappa shape index (κ1) is 11.5. The number of nitrogen functional groups attached to an aromatic ring is 1. The smallest absolute Gasteiger partial charge is 0.145 e. The number of hydrogen-bond donors (Lipinski definition) is 1. The van der Waals surface area contributed by atoms with Gasteiger partial charge < -0.3 is 10.6 Å². The summed E-state index contributed by atoms with van der Waals surface area (Å²) in [6, 6.07) is 12.0. The number of hydrogen-bond acceptors (Lipinski definition) is 4. The Kier molecular flexibility index (Phi) is 2.81. The fraction of sp³-hybridized carbons (Fsp3) is 0.200. The molecule has 94 valence electrons. The topological polar surface area (TPSA) is 65.9 Å². The summed E-state index contributed by atoms with van der Waals surface area (Å²) in [6.45, 7) is 1.64. The van der Waals surface area contributed by atoms with Crippen LogP contribution < -0.4 is 10.6 Å². The van der Waals surface area contributed by atoms with Gasteiger partial charge >= 0.3 is 0 Å². The average molecular weight is 250 g/mol. The lowest BCUT2D eigenvalue weighted by Gasteiger charge is -2.19. The molecule has 2 heterocycles. The quantitative estimate of drug-likeness (QED) is 0.829. The Bertz CT molecular complexity index is 657. The second-order valence-corrected chi connectivity index (χ2v) is 4.64. The first-order valence-electron chi connectivity index (χ1n) is 6.26. The summed E-state index contributed by atoms with van der Waals surface area (Å²) in [4.78, 5) is 6.35. The van der Waals surface area contributed by atoms with Crippen molar-refractivity contribution in [3.63, 3.8) is 0 Å². The molecule has 1 aromatic heterocycles. The van der Waals surface area contributed by atoms with Crippen LogP contribution in [0.2, 0.25) is 0 Å². The Labute approximate surface area is 112 Å². The van der Waals surface area contributed by atoms with Crippen molar-refractivity contribution in [1.82, 2.24) is 4.98 Å². The van der Waals surface area contributed by atoms with Gasteiger partial charge in [-0.05, 0) is 24.6 Å². The van der Waals surface area contributed by atoms with Gasteiger partial charge in [0.05, 0.1) is 0 Å². The van der Waals surface area contributed by atoms with Crippen LogP contribution in [-0.2, 0) is 13.0 Å². The van der Waals surface area contributed by atoms with Crippen LogP contribution in [0.5, 0.6) is 0 Å². The highest BCUT2D eigenvalue weighted by atomic mass is 15.1. The lowest BCUT2D eigenvalue weighted by molar-refractivity contribution is 0.830. The summed E-state index contributed by atoms with van der Waals surface area (Å²) in [5, 5.41) is 9.08. The number of nitriles is 1. The molecule has 0 saturated carbocycles. The third-order valence-corrected chi connectivity index (χ3v) is 3.52. The van der Waals surface area contributed by atoms with E-state index in [0.717, 1.165) is 24.2 Å².